The summed E-state index contributed by atoms with van der Waals surface area (Å²) in [5, 5.41) is 6.81. The van der Waals surface area contributed by atoms with Crippen LogP contribution < -0.4 is 15.4 Å². The molecule has 1 aromatic rings. The van der Waals surface area contributed by atoms with Crippen LogP contribution in [0.4, 0.5) is 0 Å². The summed E-state index contributed by atoms with van der Waals surface area (Å²) in [7, 11) is 3.93. The molecule has 6 heteroatoms. The van der Waals surface area contributed by atoms with E-state index < -0.39 is 0 Å². The molecule has 0 bridgehead atoms. The van der Waals surface area contributed by atoms with Crippen LogP contribution >= 0.6 is 24.0 Å². The summed E-state index contributed by atoms with van der Waals surface area (Å²) in [6.45, 7) is 9.24. The van der Waals surface area contributed by atoms with Crippen LogP contribution in [-0.2, 0) is 6.42 Å². The van der Waals surface area contributed by atoms with Crippen molar-refractivity contribution in [2.24, 2.45) is 10.9 Å². The first-order valence-corrected chi connectivity index (χ1v) is 9.46. The molecule has 2 N–H and O–H groups in total. The Morgan fingerprint density at radius 3 is 2.65 bits per heavy atom. The van der Waals surface area contributed by atoms with Crippen LogP contribution in [0.2, 0.25) is 0 Å². The quantitative estimate of drug-likeness (QED) is 0.363. The number of halogens is 1. The number of guanidine groups is 1. The summed E-state index contributed by atoms with van der Waals surface area (Å²) >= 11 is 0. The lowest BCUT2D eigenvalue weighted by Crippen LogP contribution is -2.39. The molecule has 1 aliphatic heterocycles. The summed E-state index contributed by atoms with van der Waals surface area (Å²) < 4.78 is 5.40. The molecule has 0 aromatic heterocycles. The fraction of sp³-hybridized carbons (Fsp3) is 0.650. The predicted molar refractivity (Wildman–Crippen MR) is 121 cm³/mol. The van der Waals surface area contributed by atoms with Gasteiger partial charge in [0.2, 0.25) is 0 Å². The highest BCUT2D eigenvalue weighted by Gasteiger charge is 2.16. The lowest BCUT2D eigenvalue weighted by molar-refractivity contribution is 0.223. The van der Waals surface area contributed by atoms with E-state index in [1.165, 1.54) is 37.1 Å². The van der Waals surface area contributed by atoms with Crippen LogP contribution in [0, 0.1) is 12.8 Å². The third-order valence-corrected chi connectivity index (χ3v) is 4.87. The molecule has 1 saturated heterocycles. The van der Waals surface area contributed by atoms with Crippen molar-refractivity contribution in [2.75, 3.05) is 46.9 Å². The number of rotatable bonds is 7. The lowest BCUT2D eigenvalue weighted by atomic mass is 9.97. The Hall–Kier alpha value is -1.02. The maximum absolute atomic E-state index is 5.40. The summed E-state index contributed by atoms with van der Waals surface area (Å²) in [6.07, 6.45) is 3.46. The zero-order valence-corrected chi connectivity index (χ0v) is 19.0. The summed E-state index contributed by atoms with van der Waals surface area (Å²) in [5.74, 6) is 2.61. The Morgan fingerprint density at radius 1 is 1.27 bits per heavy atom. The molecule has 2 rings (SSSR count). The first kappa shape index (κ1) is 23.0. The summed E-state index contributed by atoms with van der Waals surface area (Å²) in [5.41, 5.74) is 2.45. The lowest BCUT2D eigenvalue weighted by Gasteiger charge is -2.28. The van der Waals surface area contributed by atoms with Gasteiger partial charge in [0.1, 0.15) is 5.75 Å². The van der Waals surface area contributed by atoms with Crippen molar-refractivity contribution in [2.45, 2.75) is 33.1 Å². The maximum atomic E-state index is 5.40. The number of hydrogen-bond donors (Lipinski definition) is 2. The van der Waals surface area contributed by atoms with Crippen molar-refractivity contribution < 1.29 is 4.74 Å². The second-order valence-corrected chi connectivity index (χ2v) is 6.95. The van der Waals surface area contributed by atoms with Crippen LogP contribution in [0.1, 0.15) is 30.9 Å². The van der Waals surface area contributed by atoms with Crippen molar-refractivity contribution in [3.05, 3.63) is 29.3 Å². The maximum Gasteiger partial charge on any atom is 0.191 e. The number of ether oxygens (including phenoxy) is 1. The standard InChI is InChI=1S/C20H34N4O.HI/c1-5-21-20(23-15-18-9-12-24(3)13-10-18)22-11-8-17-7-6-16(2)19(14-17)25-4;/h6-7,14,18H,5,8-13,15H2,1-4H3,(H2,21,22,23);1H. The molecule has 0 amide bonds. The van der Waals surface area contributed by atoms with Gasteiger partial charge in [-0.3, -0.25) is 4.99 Å². The third-order valence-electron chi connectivity index (χ3n) is 4.87. The second kappa shape index (κ2) is 12.4. The van der Waals surface area contributed by atoms with Crippen molar-refractivity contribution in [3.63, 3.8) is 0 Å². The van der Waals surface area contributed by atoms with Crippen LogP contribution in [0.15, 0.2) is 23.2 Å². The van der Waals surface area contributed by atoms with Crippen molar-refractivity contribution in [1.29, 1.82) is 0 Å². The smallest absolute Gasteiger partial charge is 0.191 e. The Bertz CT molecular complexity index is 557. The van der Waals surface area contributed by atoms with Gasteiger partial charge in [0.15, 0.2) is 5.96 Å². The largest absolute Gasteiger partial charge is 0.496 e. The van der Waals surface area contributed by atoms with Gasteiger partial charge in [-0.05, 0) is 76.4 Å². The predicted octanol–water partition coefficient (Wildman–Crippen LogP) is 3.06. The number of nitrogens with zero attached hydrogens (tertiary/aromatic N) is 2. The number of likely N-dealkylation sites (tertiary alicyclic amines) is 1. The van der Waals surface area contributed by atoms with Gasteiger partial charge >= 0.3 is 0 Å². The van der Waals surface area contributed by atoms with E-state index in [4.69, 9.17) is 9.73 Å². The van der Waals surface area contributed by atoms with Crippen molar-refractivity contribution >= 4 is 29.9 Å². The molecule has 26 heavy (non-hydrogen) atoms. The molecular weight excluding hydrogens is 439 g/mol. The van der Waals surface area contributed by atoms with Crippen molar-refractivity contribution in [3.8, 4) is 5.75 Å². The molecule has 0 radical (unpaired) electrons. The molecule has 0 aliphatic carbocycles. The van der Waals surface area contributed by atoms with Crippen LogP contribution in [0.3, 0.4) is 0 Å². The van der Waals surface area contributed by atoms with Gasteiger partial charge in [0, 0.05) is 19.6 Å². The third kappa shape index (κ3) is 7.70. The molecule has 1 fully saturated rings. The van der Waals surface area contributed by atoms with Gasteiger partial charge in [-0.15, -0.1) is 24.0 Å². The van der Waals surface area contributed by atoms with E-state index in [0.29, 0.717) is 5.92 Å². The van der Waals surface area contributed by atoms with Crippen LogP contribution in [-0.4, -0.2) is 57.7 Å². The highest BCUT2D eigenvalue weighted by atomic mass is 127. The van der Waals surface area contributed by atoms with Gasteiger partial charge in [-0.2, -0.15) is 0 Å². The molecular formula is C20H35IN4O. The highest BCUT2D eigenvalue weighted by molar-refractivity contribution is 14.0. The monoisotopic (exact) mass is 474 g/mol. The van der Waals surface area contributed by atoms with Crippen LogP contribution in [0.25, 0.3) is 0 Å². The number of hydrogen-bond acceptors (Lipinski definition) is 3. The number of nitrogens with one attached hydrogen (secondary N) is 2. The number of methoxy groups -OCH3 is 1. The Balaban J connectivity index is 0.00000338. The minimum atomic E-state index is 0. The number of benzene rings is 1. The topological polar surface area (TPSA) is 48.9 Å². The zero-order valence-electron chi connectivity index (χ0n) is 16.7. The average Bonchev–Trinajstić information content (AvgIpc) is 2.62. The van der Waals surface area contributed by atoms with Gasteiger partial charge in [0.25, 0.3) is 0 Å². The first-order chi connectivity index (χ1) is 12.1. The Kier molecular flexibility index (Phi) is 11.0. The van der Waals surface area contributed by atoms with E-state index >= 15 is 0 Å². The second-order valence-electron chi connectivity index (χ2n) is 6.95. The Labute approximate surface area is 176 Å². The SMILES string of the molecule is CCNC(=NCC1CCN(C)CC1)NCCc1ccc(C)c(OC)c1.I. The summed E-state index contributed by atoms with van der Waals surface area (Å²) in [4.78, 5) is 7.19. The fourth-order valence-corrected chi connectivity index (χ4v) is 3.15. The Morgan fingerprint density at radius 2 is 2.00 bits per heavy atom. The van der Waals surface area contributed by atoms with Crippen molar-refractivity contribution in [1.82, 2.24) is 15.5 Å². The fourth-order valence-electron chi connectivity index (χ4n) is 3.15. The first-order valence-electron chi connectivity index (χ1n) is 9.46. The average molecular weight is 474 g/mol. The zero-order chi connectivity index (χ0) is 18.1. The number of piperidine rings is 1. The molecule has 0 spiro atoms. The van der Waals surface area contributed by atoms with Gasteiger partial charge in [-0.1, -0.05) is 12.1 Å². The molecule has 148 valence electrons. The molecule has 1 heterocycles. The van der Waals surface area contributed by atoms with E-state index in [1.807, 2.05) is 0 Å². The van der Waals surface area contributed by atoms with E-state index in [9.17, 15) is 0 Å². The van der Waals surface area contributed by atoms with E-state index in [1.54, 1.807) is 7.11 Å². The molecule has 1 aliphatic rings. The minimum absolute atomic E-state index is 0. The van der Waals surface area contributed by atoms with Gasteiger partial charge < -0.3 is 20.3 Å². The molecule has 1 aromatic carbocycles. The number of aryl methyl sites for hydroxylation is 1. The normalized spacial score (nSPS) is 16.1. The van der Waals surface area contributed by atoms with E-state index in [2.05, 4.69) is 54.6 Å². The number of aliphatic imine (C=N–C) groups is 1. The van der Waals surface area contributed by atoms with Gasteiger partial charge in [0.05, 0.1) is 7.11 Å². The minimum Gasteiger partial charge on any atom is -0.496 e. The van der Waals surface area contributed by atoms with E-state index in [-0.39, 0.29) is 24.0 Å². The molecule has 0 unspecified atom stereocenters. The van der Waals surface area contributed by atoms with E-state index in [0.717, 1.165) is 37.8 Å². The highest BCUT2D eigenvalue weighted by Crippen LogP contribution is 2.19. The molecule has 0 saturated carbocycles. The summed E-state index contributed by atoms with van der Waals surface area (Å²) in [6, 6.07) is 6.41. The van der Waals surface area contributed by atoms with Gasteiger partial charge in [-0.25, -0.2) is 0 Å². The van der Waals surface area contributed by atoms with Crippen LogP contribution in [0.5, 0.6) is 5.75 Å². The molecule has 0 atom stereocenters. The molecule has 5 nitrogen and oxygen atoms in total.